The molecule has 0 aromatic carbocycles. The smallest absolute Gasteiger partial charge is 0.352 e. The van der Waals surface area contributed by atoms with Crippen molar-refractivity contribution in [1.29, 1.82) is 0 Å². The predicted molar refractivity (Wildman–Crippen MR) is 177 cm³/mol. The molecule has 3 aromatic rings. The van der Waals surface area contributed by atoms with E-state index in [1.54, 1.807) is 6.92 Å². The number of aryl methyl sites for hydroxylation is 1. The summed E-state index contributed by atoms with van der Waals surface area (Å²) in [6.07, 6.45) is 2.33. The zero-order chi connectivity index (χ0) is 37.1. The SMILES string of the molecule is Cc1nnc(SCC2=C(C(=O)O)N(C(=O)C3=C(CO)CSC4C(NC(=O)Cn5cnnn5)C(=O)N34)C(C(NC(=O)Cn3cnnn3)C(=O)O)SC2)s1. The summed E-state index contributed by atoms with van der Waals surface area (Å²) in [6.45, 7) is 0.246. The molecular weight excluding hydrogens is 769 g/mol. The van der Waals surface area contributed by atoms with Gasteiger partial charge in [0.25, 0.3) is 11.8 Å². The summed E-state index contributed by atoms with van der Waals surface area (Å²) in [6, 6.07) is -2.97. The summed E-state index contributed by atoms with van der Waals surface area (Å²) in [4.78, 5) is 81.6. The number of carbonyl (C=O) groups excluding carboxylic acids is 4. The number of aromatic nitrogens is 10. The number of amides is 4. The number of tetrazole rings is 2. The van der Waals surface area contributed by atoms with E-state index in [1.165, 1.54) is 17.7 Å². The first kappa shape index (κ1) is 36.8. The van der Waals surface area contributed by atoms with Gasteiger partial charge in [0.2, 0.25) is 11.8 Å². The van der Waals surface area contributed by atoms with Gasteiger partial charge in [-0.15, -0.1) is 43.9 Å². The summed E-state index contributed by atoms with van der Waals surface area (Å²) in [5.74, 6) is -6.50. The molecule has 6 heterocycles. The van der Waals surface area contributed by atoms with Crippen molar-refractivity contribution in [3.05, 3.63) is 40.2 Å². The Balaban J connectivity index is 1.34. The van der Waals surface area contributed by atoms with Crippen LogP contribution in [0.5, 0.6) is 0 Å². The van der Waals surface area contributed by atoms with E-state index in [9.17, 15) is 44.1 Å². The number of rotatable bonds is 14. The van der Waals surface area contributed by atoms with Crippen LogP contribution in [0.25, 0.3) is 0 Å². The predicted octanol–water partition coefficient (Wildman–Crippen LogP) is -3.23. The Labute approximate surface area is 307 Å². The van der Waals surface area contributed by atoms with Crippen LogP contribution in [-0.4, -0.2) is 158 Å². The molecule has 0 saturated carbocycles. The summed E-state index contributed by atoms with van der Waals surface area (Å²) in [5.41, 5.74) is -0.654. The van der Waals surface area contributed by atoms with E-state index < -0.39 is 77.2 Å². The van der Waals surface area contributed by atoms with Crippen LogP contribution in [0.1, 0.15) is 5.01 Å². The molecule has 4 unspecified atom stereocenters. The van der Waals surface area contributed by atoms with Crippen molar-refractivity contribution in [3.8, 4) is 0 Å². The number of carboxylic acid groups (broad SMARTS) is 2. The molecule has 274 valence electrons. The lowest BCUT2D eigenvalue weighted by Gasteiger charge is -2.51. The number of carboxylic acids is 2. The topological polar surface area (TPSA) is 307 Å². The summed E-state index contributed by atoms with van der Waals surface area (Å²) in [5, 5.41) is 63.4. The molecular formula is C25H26N14O9S4. The number of nitrogens with zero attached hydrogens (tertiary/aromatic N) is 12. The lowest BCUT2D eigenvalue weighted by molar-refractivity contribution is -0.151. The van der Waals surface area contributed by atoms with E-state index in [1.807, 2.05) is 0 Å². The molecule has 0 spiro atoms. The molecule has 4 atom stereocenters. The first-order valence-corrected chi connectivity index (χ1v) is 18.7. The lowest BCUT2D eigenvalue weighted by Crippen LogP contribution is -2.71. The van der Waals surface area contributed by atoms with Gasteiger partial charge in [0, 0.05) is 17.3 Å². The minimum Gasteiger partial charge on any atom is -0.480 e. The molecule has 3 aliphatic rings. The molecule has 0 radical (unpaired) electrons. The van der Waals surface area contributed by atoms with Crippen LogP contribution >= 0.6 is 46.6 Å². The van der Waals surface area contributed by atoms with Crippen molar-refractivity contribution in [3.63, 3.8) is 0 Å². The fourth-order valence-corrected chi connectivity index (χ4v) is 9.98. The lowest BCUT2D eigenvalue weighted by atomic mass is 10.0. The van der Waals surface area contributed by atoms with Gasteiger partial charge in [0.05, 0.1) is 6.61 Å². The average Bonchev–Trinajstić information content (AvgIpc) is 3.91. The van der Waals surface area contributed by atoms with E-state index in [0.29, 0.717) is 9.35 Å². The van der Waals surface area contributed by atoms with Crippen molar-refractivity contribution in [2.24, 2.45) is 0 Å². The van der Waals surface area contributed by atoms with Gasteiger partial charge < -0.3 is 26.0 Å². The van der Waals surface area contributed by atoms with Crippen molar-refractivity contribution in [1.82, 2.24) is 71.0 Å². The molecule has 1 saturated heterocycles. The van der Waals surface area contributed by atoms with Crippen LogP contribution in [0.4, 0.5) is 0 Å². The Bertz CT molecular complexity index is 1950. The van der Waals surface area contributed by atoms with E-state index in [2.05, 4.69) is 51.9 Å². The van der Waals surface area contributed by atoms with Gasteiger partial charge in [-0.25, -0.2) is 19.0 Å². The molecule has 3 aromatic heterocycles. The summed E-state index contributed by atoms with van der Waals surface area (Å²) in [7, 11) is 0. The number of aliphatic hydroxyl groups is 1. The third-order valence-corrected chi connectivity index (χ3v) is 12.3. The fraction of sp³-hybridized carbons (Fsp3) is 0.440. The van der Waals surface area contributed by atoms with Crippen molar-refractivity contribution >= 4 is 82.2 Å². The van der Waals surface area contributed by atoms with Crippen LogP contribution in [0.15, 0.2) is 39.5 Å². The molecule has 23 nitrogen and oxygen atoms in total. The second-order valence-electron chi connectivity index (χ2n) is 11.0. The van der Waals surface area contributed by atoms with Crippen molar-refractivity contribution < 1.29 is 44.1 Å². The minimum atomic E-state index is -1.87. The standard InChI is InChI=1S/C25H26N14O9S4/c1-10-30-31-25(52-10)51-7-12-6-50-22(16(23(45)46)29-14(42)3-37-9-27-33-35-37)39(18(12)24(47)48)20(44)17-11(4-40)5-49-21-15(19(43)38(17)21)28-13(41)2-36-8-26-32-34-36/h8-9,15-16,21-22,40H,2-7H2,1H3,(H,28,41)(H,29,42)(H,45,46)(H,47,48). The van der Waals surface area contributed by atoms with Crippen molar-refractivity contribution in [2.45, 2.75) is 47.2 Å². The Kier molecular flexibility index (Phi) is 11.1. The highest BCUT2D eigenvalue weighted by molar-refractivity contribution is 8.01. The Morgan fingerprint density at radius 2 is 1.63 bits per heavy atom. The average molecular weight is 795 g/mol. The third kappa shape index (κ3) is 7.61. The van der Waals surface area contributed by atoms with Gasteiger partial charge in [-0.1, -0.05) is 23.1 Å². The normalized spacial score (nSPS) is 20.7. The monoisotopic (exact) mass is 794 g/mol. The largest absolute Gasteiger partial charge is 0.480 e. The zero-order valence-electron chi connectivity index (χ0n) is 26.5. The number of hydrogen-bond acceptors (Lipinski definition) is 19. The van der Waals surface area contributed by atoms with E-state index >= 15 is 0 Å². The molecule has 1 fully saturated rings. The van der Waals surface area contributed by atoms with Gasteiger partial charge in [-0.2, -0.15) is 0 Å². The first-order valence-electron chi connectivity index (χ1n) is 14.8. The van der Waals surface area contributed by atoms with E-state index in [0.717, 1.165) is 60.8 Å². The van der Waals surface area contributed by atoms with Crippen LogP contribution < -0.4 is 10.6 Å². The van der Waals surface area contributed by atoms with Gasteiger partial charge in [-0.05, 0) is 38.9 Å². The van der Waals surface area contributed by atoms with Gasteiger partial charge in [-0.3, -0.25) is 29.0 Å². The molecule has 6 rings (SSSR count). The molecule has 0 bridgehead atoms. The second kappa shape index (κ2) is 15.7. The maximum Gasteiger partial charge on any atom is 0.352 e. The second-order valence-corrected chi connectivity index (χ2v) is 15.6. The van der Waals surface area contributed by atoms with Crippen LogP contribution in [0.2, 0.25) is 0 Å². The Morgan fingerprint density at radius 1 is 0.962 bits per heavy atom. The number of thioether (sulfide) groups is 3. The molecule has 0 aliphatic carbocycles. The molecule has 4 amide bonds. The van der Waals surface area contributed by atoms with E-state index in [-0.39, 0.29) is 40.6 Å². The number of aliphatic carboxylic acids is 2. The molecule has 27 heteroatoms. The number of hydrogen-bond donors (Lipinski definition) is 5. The van der Waals surface area contributed by atoms with E-state index in [4.69, 9.17) is 0 Å². The number of β-lactam (4-membered cyclic amide) rings is 1. The Morgan fingerprint density at radius 3 is 2.21 bits per heavy atom. The highest BCUT2D eigenvalue weighted by atomic mass is 32.2. The number of carbonyl (C=O) groups is 6. The highest BCUT2D eigenvalue weighted by Crippen LogP contribution is 2.43. The summed E-state index contributed by atoms with van der Waals surface area (Å²) < 4.78 is 2.69. The van der Waals surface area contributed by atoms with Crippen LogP contribution in [-0.2, 0) is 41.9 Å². The third-order valence-electron chi connectivity index (χ3n) is 7.58. The fourth-order valence-electron chi connectivity index (χ4n) is 5.35. The molecule has 3 aliphatic heterocycles. The van der Waals surface area contributed by atoms with Crippen LogP contribution in [0.3, 0.4) is 0 Å². The minimum absolute atomic E-state index is 0.00724. The maximum atomic E-state index is 14.8. The molecule has 5 N–H and O–H groups in total. The number of fused-ring (bicyclic) bond motifs is 1. The highest BCUT2D eigenvalue weighted by Gasteiger charge is 2.56. The van der Waals surface area contributed by atoms with Crippen LogP contribution in [0, 0.1) is 6.92 Å². The summed E-state index contributed by atoms with van der Waals surface area (Å²) >= 11 is 4.47. The zero-order valence-corrected chi connectivity index (χ0v) is 29.8. The molecule has 52 heavy (non-hydrogen) atoms. The van der Waals surface area contributed by atoms with Crippen molar-refractivity contribution in [2.75, 3.05) is 23.9 Å². The maximum absolute atomic E-state index is 14.8. The number of nitrogens with one attached hydrogen (secondary N) is 2. The quantitative estimate of drug-likeness (QED) is 0.0791. The Hall–Kier alpha value is -4.99. The first-order chi connectivity index (χ1) is 25.0. The van der Waals surface area contributed by atoms with Gasteiger partial charge >= 0.3 is 11.9 Å². The number of aliphatic hydroxyl groups excluding tert-OH is 1. The van der Waals surface area contributed by atoms with Gasteiger partial charge in [0.1, 0.15) is 58.9 Å². The van der Waals surface area contributed by atoms with Gasteiger partial charge in [0.15, 0.2) is 10.4 Å².